The molecule has 1 aromatic carbocycles. The number of nitrogens with one attached hydrogen (secondary N) is 1. The van der Waals surface area contributed by atoms with Crippen LogP contribution in [0.2, 0.25) is 0 Å². The first-order chi connectivity index (χ1) is 27.4. The molecular weight excluding hydrogens is 1020 g/mol. The highest BCUT2D eigenvalue weighted by atomic mass is 19.4. The van der Waals surface area contributed by atoms with Crippen molar-refractivity contribution in [2.24, 2.45) is 0 Å². The fraction of sp³-hybridized carbons (Fsp3) is 0.640. The average molecular weight is 1030 g/mol. The minimum Gasteiger partial charge on any atom is -0.423 e. The van der Waals surface area contributed by atoms with Gasteiger partial charge >= 0.3 is 102 Å². The number of benzene rings is 1. The number of amides is 1. The molecule has 64 heavy (non-hydrogen) atoms. The first kappa shape index (κ1) is 58.1. The van der Waals surface area contributed by atoms with E-state index in [0.717, 1.165) is 0 Å². The summed E-state index contributed by atoms with van der Waals surface area (Å²) in [5, 5.41) is 18.8. The third-order valence-electron chi connectivity index (χ3n) is 8.01. The summed E-state index contributed by atoms with van der Waals surface area (Å²) in [4.78, 5) is 11.7. The molecule has 0 heterocycles. The van der Waals surface area contributed by atoms with Crippen molar-refractivity contribution in [3.05, 3.63) is 35.9 Å². The fourth-order valence-electron chi connectivity index (χ4n) is 4.35. The normalized spacial score (nSPS) is 15.9. The van der Waals surface area contributed by atoms with Crippen LogP contribution in [0.3, 0.4) is 0 Å². The molecule has 0 atom stereocenters. The van der Waals surface area contributed by atoms with Crippen LogP contribution in [0.15, 0.2) is 24.8 Å². The largest absolute Gasteiger partial charge is 0.489 e. The summed E-state index contributed by atoms with van der Waals surface area (Å²) in [6, 6.07) is -4.12. The van der Waals surface area contributed by atoms with Crippen molar-refractivity contribution >= 4 is 24.2 Å². The zero-order valence-electron chi connectivity index (χ0n) is 28.2. The summed E-state index contributed by atoms with van der Waals surface area (Å²) >= 11 is 0. The Labute approximate surface area is 325 Å². The number of hydrogen-bond donors (Lipinski definition) is 3. The molecule has 4 nitrogen and oxygen atoms in total. The lowest BCUT2D eigenvalue weighted by atomic mass is 9.71. The Balaban J connectivity index is 4.50. The molecule has 0 saturated heterocycles. The van der Waals surface area contributed by atoms with E-state index < -0.39 is 149 Å². The Morgan fingerprint density at radius 3 is 0.922 bits per heavy atom. The van der Waals surface area contributed by atoms with Gasteiger partial charge in [-0.05, 0) is 17.6 Å². The van der Waals surface area contributed by atoms with Crippen molar-refractivity contribution in [1.82, 2.24) is 0 Å². The highest BCUT2D eigenvalue weighted by molar-refractivity contribution is 6.59. The van der Waals surface area contributed by atoms with Crippen molar-refractivity contribution in [2.75, 3.05) is 5.32 Å². The van der Waals surface area contributed by atoms with Crippen molar-refractivity contribution in [3.63, 3.8) is 0 Å². The van der Waals surface area contributed by atoms with E-state index in [1.807, 2.05) is 0 Å². The molecule has 0 spiro atoms. The van der Waals surface area contributed by atoms with E-state index in [2.05, 4.69) is 6.58 Å². The van der Waals surface area contributed by atoms with Gasteiger partial charge in [0, 0.05) is 5.56 Å². The van der Waals surface area contributed by atoms with Gasteiger partial charge in [-0.15, -0.1) is 0 Å². The Hall–Kier alpha value is -3.97. The molecule has 0 fully saturated rings. The van der Waals surface area contributed by atoms with Crippen molar-refractivity contribution in [3.8, 4) is 0 Å². The van der Waals surface area contributed by atoms with Crippen LogP contribution >= 0.6 is 0 Å². The van der Waals surface area contributed by atoms with Gasteiger partial charge in [0.1, 0.15) is 0 Å². The third-order valence-corrected chi connectivity index (χ3v) is 8.01. The van der Waals surface area contributed by atoms with Crippen LogP contribution in [-0.4, -0.2) is 106 Å². The second-order valence-electron chi connectivity index (χ2n) is 12.1. The minimum absolute atomic E-state index is 0.182. The first-order valence-electron chi connectivity index (χ1n) is 14.3. The lowest BCUT2D eigenvalue weighted by molar-refractivity contribution is -0.462. The zero-order valence-corrected chi connectivity index (χ0v) is 28.2. The number of rotatable bonds is 17. The van der Waals surface area contributed by atoms with Gasteiger partial charge in [-0.2, -0.15) is 149 Å². The molecule has 1 aromatic rings. The smallest absolute Gasteiger partial charge is 0.423 e. The Kier molecular flexibility index (Phi) is 13.9. The molecule has 0 saturated carbocycles. The Morgan fingerprint density at radius 1 is 0.422 bits per heavy atom. The predicted molar refractivity (Wildman–Crippen MR) is 134 cm³/mol. The molecule has 0 unspecified atom stereocenters. The molecule has 39 heteroatoms. The molecule has 0 aliphatic heterocycles. The summed E-state index contributed by atoms with van der Waals surface area (Å²) in [5.41, 5.74) is -15.6. The number of alkyl halides is 34. The standard InChI is InChI=1S/C25H8BF34NO3/c1-2-8(62)61-7-4-5(10(27,28)12(31,32)14(35,36)16(39,40)18(43,44)20(47,48)22(51,52)24(55,56)57)3-6(26(63)64)9(7)11(29,30)13(33,34)15(37,38)17(41,42)19(45,46)21(49,50)23(53,54)25(58,59)60/h2-4,63-64H,1H2,(H,61,62). The molecule has 0 bridgehead atoms. The van der Waals surface area contributed by atoms with Gasteiger partial charge in [-0.1, -0.05) is 12.6 Å². The van der Waals surface area contributed by atoms with Crippen molar-refractivity contribution < 1.29 is 164 Å². The lowest BCUT2D eigenvalue weighted by Gasteiger charge is -2.43. The lowest BCUT2D eigenvalue weighted by Crippen LogP contribution is -2.74. The van der Waals surface area contributed by atoms with Gasteiger partial charge in [0.05, 0.1) is 11.3 Å². The van der Waals surface area contributed by atoms with E-state index in [0.29, 0.717) is 0 Å². The molecule has 3 N–H and O–H groups in total. The van der Waals surface area contributed by atoms with E-state index in [-0.39, 0.29) is 5.32 Å². The number of hydrogen-bond acceptors (Lipinski definition) is 3. The first-order valence-corrected chi connectivity index (χ1v) is 14.3. The van der Waals surface area contributed by atoms with Gasteiger partial charge in [0.15, 0.2) is 0 Å². The number of anilines is 1. The molecule has 0 radical (unpaired) electrons. The minimum atomic E-state index is -9.48. The van der Waals surface area contributed by atoms with E-state index >= 15 is 17.6 Å². The second kappa shape index (κ2) is 15.3. The maximum Gasteiger partial charge on any atom is 0.489 e. The van der Waals surface area contributed by atoms with Crippen LogP contribution in [0, 0.1) is 0 Å². The number of carbonyl (C=O) groups excluding carboxylic acids is 1. The molecule has 372 valence electrons. The second-order valence-corrected chi connectivity index (χ2v) is 12.1. The molecular formula is C25H8BF34NO3. The van der Waals surface area contributed by atoms with E-state index in [9.17, 15) is 147 Å². The average Bonchev–Trinajstić information content (AvgIpc) is 3.08. The van der Waals surface area contributed by atoms with Crippen LogP contribution < -0.4 is 10.8 Å². The maximum atomic E-state index is 15.4. The molecule has 1 rings (SSSR count). The summed E-state index contributed by atoms with van der Waals surface area (Å²) < 4.78 is 470. The molecule has 0 aliphatic carbocycles. The quantitative estimate of drug-likeness (QED) is 0.0828. The summed E-state index contributed by atoms with van der Waals surface area (Å²) in [6.07, 6.45) is -17.1. The number of carbonyl (C=O) groups is 1. The number of halogens is 34. The van der Waals surface area contributed by atoms with Crippen LogP contribution in [0.4, 0.5) is 155 Å². The van der Waals surface area contributed by atoms with Crippen LogP contribution in [0.25, 0.3) is 0 Å². The third kappa shape index (κ3) is 7.37. The van der Waals surface area contributed by atoms with Crippen LogP contribution in [0.1, 0.15) is 11.1 Å². The summed E-state index contributed by atoms with van der Waals surface area (Å²) in [6.45, 7) is 2.29. The topological polar surface area (TPSA) is 69.6 Å². The van der Waals surface area contributed by atoms with Gasteiger partial charge in [0.2, 0.25) is 5.91 Å². The van der Waals surface area contributed by atoms with Gasteiger partial charge in [-0.3, -0.25) is 4.79 Å². The SMILES string of the molecule is C=CC(=O)Nc1cc(C(F)(F)C(F)(F)C(F)(F)C(F)(F)C(F)(F)C(F)(F)C(F)(F)C(F)(F)F)cc(B(O)O)c1C(F)(F)C(F)(F)C(F)(F)C(F)(F)C(F)(F)C(F)(F)C(F)(F)C(F)(F)F. The monoisotopic (exact) mass is 1030 g/mol. The van der Waals surface area contributed by atoms with E-state index in [1.54, 1.807) is 0 Å². The molecule has 0 aromatic heterocycles. The summed E-state index contributed by atoms with van der Waals surface area (Å²) in [5.74, 6) is -129. The van der Waals surface area contributed by atoms with Crippen molar-refractivity contribution in [2.45, 2.75) is 95.3 Å². The molecule has 1 amide bonds. The zero-order chi connectivity index (χ0) is 52.3. The Morgan fingerprint density at radius 2 is 0.672 bits per heavy atom. The summed E-state index contributed by atoms with van der Waals surface area (Å²) in [7, 11) is -4.85. The van der Waals surface area contributed by atoms with Crippen LogP contribution in [-0.2, 0) is 16.6 Å². The Bertz CT molecular complexity index is 1930. The van der Waals surface area contributed by atoms with E-state index in [1.165, 1.54) is 0 Å². The van der Waals surface area contributed by atoms with E-state index in [4.69, 9.17) is 0 Å². The maximum absolute atomic E-state index is 15.4. The van der Waals surface area contributed by atoms with Gasteiger partial charge in [-0.25, -0.2) is 0 Å². The molecule has 0 aliphatic rings. The van der Waals surface area contributed by atoms with Crippen LogP contribution in [0.5, 0.6) is 0 Å². The van der Waals surface area contributed by atoms with Gasteiger partial charge < -0.3 is 15.4 Å². The highest BCUT2D eigenvalue weighted by Gasteiger charge is 2.97. The fourth-order valence-corrected chi connectivity index (χ4v) is 4.35. The predicted octanol–water partition coefficient (Wildman–Crippen LogP) is 10.4. The van der Waals surface area contributed by atoms with Crippen molar-refractivity contribution in [1.29, 1.82) is 0 Å². The highest BCUT2D eigenvalue weighted by Crippen LogP contribution is 2.67. The van der Waals surface area contributed by atoms with Gasteiger partial charge in [0.25, 0.3) is 0 Å².